The molecule has 1 heterocycles. The first-order valence-corrected chi connectivity index (χ1v) is 3.20. The molecule has 3 nitrogen and oxygen atoms in total. The van der Waals surface area contributed by atoms with Crippen molar-refractivity contribution in [1.82, 2.24) is 4.90 Å². The highest BCUT2D eigenvalue weighted by atomic mass is 16.5. The Kier molecular flexibility index (Phi) is 2.51. The van der Waals surface area contributed by atoms with Gasteiger partial charge in [-0.05, 0) is 6.42 Å². The van der Waals surface area contributed by atoms with Gasteiger partial charge in [-0.3, -0.25) is 4.79 Å². The molecule has 1 rings (SSSR count). The summed E-state index contributed by atoms with van der Waals surface area (Å²) >= 11 is 0. The van der Waals surface area contributed by atoms with Crippen molar-refractivity contribution in [2.75, 3.05) is 26.3 Å². The summed E-state index contributed by atoms with van der Waals surface area (Å²) < 4.78 is 5.13. The van der Waals surface area contributed by atoms with Crippen LogP contribution in [0.4, 0.5) is 0 Å². The Labute approximate surface area is 54.6 Å². The second-order valence-corrected chi connectivity index (χ2v) is 2.11. The van der Waals surface area contributed by atoms with Crippen molar-refractivity contribution in [2.24, 2.45) is 0 Å². The van der Waals surface area contributed by atoms with E-state index in [1.54, 1.807) is 4.90 Å². The Morgan fingerprint density at radius 2 is 2.22 bits per heavy atom. The molecular weight excluding hydrogens is 118 g/mol. The summed E-state index contributed by atoms with van der Waals surface area (Å²) in [7, 11) is 0. The first-order valence-electron chi connectivity index (χ1n) is 3.20. The third kappa shape index (κ3) is 2.01. The van der Waals surface area contributed by atoms with Crippen LogP contribution in [0.25, 0.3) is 0 Å². The average molecular weight is 129 g/mol. The van der Waals surface area contributed by atoms with E-state index in [1.807, 2.05) is 0 Å². The van der Waals surface area contributed by atoms with Crippen molar-refractivity contribution in [1.29, 1.82) is 0 Å². The first-order chi connectivity index (χ1) is 4.43. The zero-order chi connectivity index (χ0) is 6.53. The van der Waals surface area contributed by atoms with Gasteiger partial charge in [0, 0.05) is 19.7 Å². The molecule has 0 spiro atoms. The van der Waals surface area contributed by atoms with Gasteiger partial charge in [-0.1, -0.05) is 0 Å². The molecule has 3 heteroatoms. The van der Waals surface area contributed by atoms with Gasteiger partial charge < -0.3 is 9.64 Å². The number of hydrogen-bond acceptors (Lipinski definition) is 2. The summed E-state index contributed by atoms with van der Waals surface area (Å²) in [4.78, 5) is 11.9. The number of ether oxygens (including phenoxy) is 1. The highest BCUT2D eigenvalue weighted by molar-refractivity contribution is 5.46. The smallest absolute Gasteiger partial charge is 0.209 e. The SMILES string of the molecule is O=CN1CCCOCC1. The minimum Gasteiger partial charge on any atom is -0.380 e. The topological polar surface area (TPSA) is 29.5 Å². The number of hydrogen-bond donors (Lipinski definition) is 0. The van der Waals surface area contributed by atoms with Gasteiger partial charge >= 0.3 is 0 Å². The van der Waals surface area contributed by atoms with Gasteiger partial charge in [-0.25, -0.2) is 0 Å². The molecule has 0 atom stereocenters. The van der Waals surface area contributed by atoms with Crippen LogP contribution in [-0.4, -0.2) is 37.6 Å². The second kappa shape index (κ2) is 3.45. The lowest BCUT2D eigenvalue weighted by molar-refractivity contribution is -0.118. The van der Waals surface area contributed by atoms with E-state index < -0.39 is 0 Å². The predicted molar refractivity (Wildman–Crippen MR) is 33.1 cm³/mol. The molecule has 52 valence electrons. The Hall–Kier alpha value is -0.570. The molecule has 0 radical (unpaired) electrons. The minimum atomic E-state index is 0.693. The number of carbonyl (C=O) groups excluding carboxylic acids is 1. The van der Waals surface area contributed by atoms with Gasteiger partial charge in [0.2, 0.25) is 6.41 Å². The Morgan fingerprint density at radius 1 is 1.33 bits per heavy atom. The van der Waals surface area contributed by atoms with Crippen molar-refractivity contribution in [3.8, 4) is 0 Å². The highest BCUT2D eigenvalue weighted by Gasteiger charge is 2.04. The summed E-state index contributed by atoms with van der Waals surface area (Å²) in [5.74, 6) is 0. The zero-order valence-electron chi connectivity index (χ0n) is 5.38. The van der Waals surface area contributed by atoms with E-state index in [1.165, 1.54) is 0 Å². The number of nitrogens with zero attached hydrogens (tertiary/aromatic N) is 1. The molecule has 0 aliphatic carbocycles. The van der Waals surface area contributed by atoms with E-state index >= 15 is 0 Å². The molecule has 0 aromatic heterocycles. The van der Waals surface area contributed by atoms with E-state index in [0.29, 0.717) is 6.61 Å². The molecule has 1 saturated heterocycles. The largest absolute Gasteiger partial charge is 0.380 e. The van der Waals surface area contributed by atoms with Crippen molar-refractivity contribution in [2.45, 2.75) is 6.42 Å². The maximum atomic E-state index is 10.2. The van der Waals surface area contributed by atoms with E-state index in [4.69, 9.17) is 4.74 Å². The molecular formula is C6H11NO2. The van der Waals surface area contributed by atoms with E-state index in [-0.39, 0.29) is 0 Å². The predicted octanol–water partition coefficient (Wildman–Crippen LogP) is -0.135. The van der Waals surface area contributed by atoms with Crippen LogP contribution < -0.4 is 0 Å². The molecule has 1 aliphatic rings. The van der Waals surface area contributed by atoms with Crippen LogP contribution in [0, 0.1) is 0 Å². The fourth-order valence-corrected chi connectivity index (χ4v) is 0.871. The Balaban J connectivity index is 2.26. The third-order valence-corrected chi connectivity index (χ3v) is 1.41. The molecule has 1 amide bonds. The monoisotopic (exact) mass is 129 g/mol. The Morgan fingerprint density at radius 3 is 3.00 bits per heavy atom. The summed E-state index contributed by atoms with van der Waals surface area (Å²) in [5, 5.41) is 0. The minimum absolute atomic E-state index is 0.693. The molecule has 0 saturated carbocycles. The quantitative estimate of drug-likeness (QED) is 0.461. The molecule has 1 aliphatic heterocycles. The molecule has 0 bridgehead atoms. The summed E-state index contributed by atoms with van der Waals surface area (Å²) in [6.07, 6.45) is 1.85. The van der Waals surface area contributed by atoms with Gasteiger partial charge in [0.1, 0.15) is 0 Å². The van der Waals surface area contributed by atoms with Crippen LogP contribution in [0.5, 0.6) is 0 Å². The van der Waals surface area contributed by atoms with Gasteiger partial charge in [-0.2, -0.15) is 0 Å². The first kappa shape index (κ1) is 6.55. The van der Waals surface area contributed by atoms with Crippen LogP contribution in [-0.2, 0) is 9.53 Å². The molecule has 0 unspecified atom stereocenters. The third-order valence-electron chi connectivity index (χ3n) is 1.41. The van der Waals surface area contributed by atoms with Gasteiger partial charge in [-0.15, -0.1) is 0 Å². The van der Waals surface area contributed by atoms with Crippen LogP contribution in [0.15, 0.2) is 0 Å². The number of amides is 1. The maximum Gasteiger partial charge on any atom is 0.209 e. The van der Waals surface area contributed by atoms with Gasteiger partial charge in [0.25, 0.3) is 0 Å². The van der Waals surface area contributed by atoms with E-state index in [9.17, 15) is 4.79 Å². The van der Waals surface area contributed by atoms with Crippen LogP contribution in [0.3, 0.4) is 0 Å². The summed E-state index contributed by atoms with van der Waals surface area (Å²) in [5.41, 5.74) is 0. The molecule has 0 aromatic carbocycles. The van der Waals surface area contributed by atoms with Gasteiger partial charge in [0.05, 0.1) is 6.61 Å². The van der Waals surface area contributed by atoms with Crippen molar-refractivity contribution >= 4 is 6.41 Å². The molecule has 0 aromatic rings. The fourth-order valence-electron chi connectivity index (χ4n) is 0.871. The summed E-state index contributed by atoms with van der Waals surface area (Å²) in [6, 6.07) is 0. The highest BCUT2D eigenvalue weighted by Crippen LogP contribution is 1.94. The van der Waals surface area contributed by atoms with Crippen molar-refractivity contribution < 1.29 is 9.53 Å². The van der Waals surface area contributed by atoms with Crippen LogP contribution in [0.2, 0.25) is 0 Å². The average Bonchev–Trinajstić information content (AvgIpc) is 2.13. The zero-order valence-corrected chi connectivity index (χ0v) is 5.38. The van der Waals surface area contributed by atoms with E-state index in [0.717, 1.165) is 32.5 Å². The van der Waals surface area contributed by atoms with Gasteiger partial charge in [0.15, 0.2) is 0 Å². The Bertz CT molecular complexity index is 87.1. The fraction of sp³-hybridized carbons (Fsp3) is 0.833. The standard InChI is InChI=1S/C6H11NO2/c8-6-7-2-1-4-9-5-3-7/h6H,1-5H2. The van der Waals surface area contributed by atoms with Crippen LogP contribution in [0.1, 0.15) is 6.42 Å². The maximum absolute atomic E-state index is 10.2. The second-order valence-electron chi connectivity index (χ2n) is 2.11. The van der Waals surface area contributed by atoms with Crippen molar-refractivity contribution in [3.05, 3.63) is 0 Å². The van der Waals surface area contributed by atoms with Crippen molar-refractivity contribution in [3.63, 3.8) is 0 Å². The molecule has 0 N–H and O–H groups in total. The van der Waals surface area contributed by atoms with E-state index in [2.05, 4.69) is 0 Å². The lowest BCUT2D eigenvalue weighted by Crippen LogP contribution is -2.24. The lowest BCUT2D eigenvalue weighted by atomic mass is 10.4. The molecule has 9 heavy (non-hydrogen) atoms. The number of carbonyl (C=O) groups is 1. The normalized spacial score (nSPS) is 21.1. The number of rotatable bonds is 1. The molecule has 1 fully saturated rings. The lowest BCUT2D eigenvalue weighted by Gasteiger charge is -2.10. The van der Waals surface area contributed by atoms with Crippen LogP contribution >= 0.6 is 0 Å². The summed E-state index contributed by atoms with van der Waals surface area (Å²) in [6.45, 7) is 3.09.